The fourth-order valence-electron chi connectivity index (χ4n) is 1.92. The van der Waals surface area contributed by atoms with Crippen molar-refractivity contribution in [2.45, 2.75) is 19.4 Å². The number of nitrogens with zero attached hydrogens (tertiary/aromatic N) is 1. The molecule has 1 fully saturated rings. The zero-order chi connectivity index (χ0) is 9.68. The van der Waals surface area contributed by atoms with E-state index >= 15 is 0 Å². The average molecular weight is 202 g/mol. The first kappa shape index (κ1) is 11.3. The quantitative estimate of drug-likeness (QED) is 0.723. The summed E-state index contributed by atoms with van der Waals surface area (Å²) in [6.07, 6.45) is 1.38. The molecule has 0 spiro atoms. The molecule has 2 unspecified atom stereocenters. The molecule has 0 saturated carbocycles. The number of nitrogens with one attached hydrogen (secondary N) is 1. The Morgan fingerprint density at radius 1 is 1.62 bits per heavy atom. The summed E-state index contributed by atoms with van der Waals surface area (Å²) in [6, 6.07) is 0.837. The summed E-state index contributed by atoms with van der Waals surface area (Å²) in [7, 11) is 4.30. The van der Waals surface area contributed by atoms with Gasteiger partial charge in [0.2, 0.25) is 0 Å². The molecule has 0 radical (unpaired) electrons. The normalized spacial score (nSPS) is 25.4. The SMILES string of the molecule is CNCC(C)CN(C)C1CCSC1. The fraction of sp³-hybridized carbons (Fsp3) is 1.00. The molecule has 78 valence electrons. The van der Waals surface area contributed by atoms with Gasteiger partial charge in [-0.2, -0.15) is 11.8 Å². The lowest BCUT2D eigenvalue weighted by Gasteiger charge is -2.26. The van der Waals surface area contributed by atoms with Crippen molar-refractivity contribution in [1.82, 2.24) is 10.2 Å². The molecule has 0 amide bonds. The van der Waals surface area contributed by atoms with Crippen LogP contribution >= 0.6 is 11.8 Å². The third-order valence-electron chi connectivity index (χ3n) is 2.68. The Morgan fingerprint density at radius 3 is 2.92 bits per heavy atom. The number of hydrogen-bond acceptors (Lipinski definition) is 3. The van der Waals surface area contributed by atoms with Crippen LogP contribution in [0.3, 0.4) is 0 Å². The molecular formula is C10H22N2S. The highest BCUT2D eigenvalue weighted by molar-refractivity contribution is 7.99. The molecule has 1 N–H and O–H groups in total. The predicted molar refractivity (Wildman–Crippen MR) is 61.5 cm³/mol. The van der Waals surface area contributed by atoms with Gasteiger partial charge in [0.15, 0.2) is 0 Å². The molecule has 1 heterocycles. The molecule has 0 bridgehead atoms. The van der Waals surface area contributed by atoms with Crippen LogP contribution in [0.2, 0.25) is 0 Å². The number of thioether (sulfide) groups is 1. The van der Waals surface area contributed by atoms with Gasteiger partial charge in [0, 0.05) is 18.3 Å². The van der Waals surface area contributed by atoms with Gasteiger partial charge in [-0.05, 0) is 38.7 Å². The Kier molecular flexibility index (Phi) is 5.14. The minimum atomic E-state index is 0.764. The summed E-state index contributed by atoms with van der Waals surface area (Å²) in [6.45, 7) is 4.67. The van der Waals surface area contributed by atoms with E-state index in [1.54, 1.807) is 0 Å². The van der Waals surface area contributed by atoms with E-state index in [-0.39, 0.29) is 0 Å². The summed E-state index contributed by atoms with van der Waals surface area (Å²) in [5.41, 5.74) is 0. The molecule has 0 aromatic heterocycles. The average Bonchev–Trinajstić information content (AvgIpc) is 2.55. The molecule has 3 heteroatoms. The van der Waals surface area contributed by atoms with Crippen LogP contribution in [0.5, 0.6) is 0 Å². The van der Waals surface area contributed by atoms with E-state index < -0.39 is 0 Å². The number of rotatable bonds is 5. The van der Waals surface area contributed by atoms with Crippen molar-refractivity contribution in [3.63, 3.8) is 0 Å². The van der Waals surface area contributed by atoms with E-state index in [9.17, 15) is 0 Å². The largest absolute Gasteiger partial charge is 0.319 e. The van der Waals surface area contributed by atoms with E-state index in [2.05, 4.69) is 35.9 Å². The minimum absolute atomic E-state index is 0.764. The van der Waals surface area contributed by atoms with Crippen molar-refractivity contribution < 1.29 is 0 Å². The molecular weight excluding hydrogens is 180 g/mol. The van der Waals surface area contributed by atoms with Crippen molar-refractivity contribution in [1.29, 1.82) is 0 Å². The van der Waals surface area contributed by atoms with E-state index in [0.717, 1.165) is 18.5 Å². The van der Waals surface area contributed by atoms with Gasteiger partial charge in [-0.25, -0.2) is 0 Å². The van der Waals surface area contributed by atoms with Crippen LogP contribution in [0.4, 0.5) is 0 Å². The highest BCUT2D eigenvalue weighted by Gasteiger charge is 2.20. The van der Waals surface area contributed by atoms with Gasteiger partial charge < -0.3 is 10.2 Å². The fourth-order valence-corrected chi connectivity index (χ4v) is 3.22. The first-order chi connectivity index (χ1) is 6.24. The van der Waals surface area contributed by atoms with Gasteiger partial charge in [-0.15, -0.1) is 0 Å². The second kappa shape index (κ2) is 5.89. The summed E-state index contributed by atoms with van der Waals surface area (Å²) >= 11 is 2.09. The van der Waals surface area contributed by atoms with Crippen molar-refractivity contribution in [3.05, 3.63) is 0 Å². The Hall–Kier alpha value is 0.270. The lowest BCUT2D eigenvalue weighted by Crippen LogP contribution is -2.37. The van der Waals surface area contributed by atoms with Gasteiger partial charge in [-0.3, -0.25) is 0 Å². The van der Waals surface area contributed by atoms with Crippen LogP contribution in [-0.2, 0) is 0 Å². The minimum Gasteiger partial charge on any atom is -0.319 e. The standard InChI is InChI=1S/C10H22N2S/c1-9(6-11-2)7-12(3)10-4-5-13-8-10/h9-11H,4-8H2,1-3H3. The molecule has 0 aromatic rings. The topological polar surface area (TPSA) is 15.3 Å². The highest BCUT2D eigenvalue weighted by Crippen LogP contribution is 2.21. The van der Waals surface area contributed by atoms with Gasteiger partial charge in [0.05, 0.1) is 0 Å². The molecule has 13 heavy (non-hydrogen) atoms. The molecule has 2 atom stereocenters. The Morgan fingerprint density at radius 2 is 2.38 bits per heavy atom. The van der Waals surface area contributed by atoms with Crippen LogP contribution in [0.15, 0.2) is 0 Å². The highest BCUT2D eigenvalue weighted by atomic mass is 32.2. The lowest BCUT2D eigenvalue weighted by atomic mass is 10.1. The monoisotopic (exact) mass is 202 g/mol. The van der Waals surface area contributed by atoms with Crippen LogP contribution < -0.4 is 5.32 Å². The van der Waals surface area contributed by atoms with E-state index in [1.807, 2.05) is 7.05 Å². The van der Waals surface area contributed by atoms with Crippen LogP contribution in [-0.4, -0.2) is 49.6 Å². The van der Waals surface area contributed by atoms with Gasteiger partial charge in [0.1, 0.15) is 0 Å². The van der Waals surface area contributed by atoms with Crippen molar-refractivity contribution in [2.24, 2.45) is 5.92 Å². The maximum atomic E-state index is 3.23. The zero-order valence-corrected chi connectivity index (χ0v) is 9.86. The molecule has 0 aromatic carbocycles. The van der Waals surface area contributed by atoms with E-state index in [0.29, 0.717) is 0 Å². The Bertz CT molecular complexity index is 135. The van der Waals surface area contributed by atoms with Gasteiger partial charge >= 0.3 is 0 Å². The zero-order valence-electron chi connectivity index (χ0n) is 9.05. The summed E-state index contributed by atoms with van der Waals surface area (Å²) < 4.78 is 0. The first-order valence-electron chi connectivity index (χ1n) is 5.16. The lowest BCUT2D eigenvalue weighted by molar-refractivity contribution is 0.227. The summed E-state index contributed by atoms with van der Waals surface area (Å²) in [4.78, 5) is 2.53. The van der Waals surface area contributed by atoms with Crippen LogP contribution in [0.25, 0.3) is 0 Å². The first-order valence-corrected chi connectivity index (χ1v) is 6.32. The smallest absolute Gasteiger partial charge is 0.0191 e. The van der Waals surface area contributed by atoms with Crippen molar-refractivity contribution >= 4 is 11.8 Å². The molecule has 0 aliphatic carbocycles. The second-order valence-corrected chi connectivity index (χ2v) is 5.27. The van der Waals surface area contributed by atoms with Gasteiger partial charge in [0.25, 0.3) is 0 Å². The van der Waals surface area contributed by atoms with Crippen LogP contribution in [0, 0.1) is 5.92 Å². The molecule has 1 aliphatic rings. The Labute approximate surface area is 86.5 Å². The Balaban J connectivity index is 2.18. The molecule has 1 rings (SSSR count). The third kappa shape index (κ3) is 3.88. The summed E-state index contributed by atoms with van der Waals surface area (Å²) in [5, 5.41) is 3.23. The molecule has 2 nitrogen and oxygen atoms in total. The van der Waals surface area contributed by atoms with Gasteiger partial charge in [-0.1, -0.05) is 6.92 Å². The maximum Gasteiger partial charge on any atom is 0.0191 e. The van der Waals surface area contributed by atoms with E-state index in [4.69, 9.17) is 0 Å². The predicted octanol–water partition coefficient (Wildman–Crippen LogP) is 1.28. The number of hydrogen-bond donors (Lipinski definition) is 1. The maximum absolute atomic E-state index is 3.23. The molecule has 1 saturated heterocycles. The van der Waals surface area contributed by atoms with Crippen molar-refractivity contribution in [3.8, 4) is 0 Å². The molecule has 1 aliphatic heterocycles. The third-order valence-corrected chi connectivity index (χ3v) is 3.83. The summed E-state index contributed by atoms with van der Waals surface area (Å²) in [5.74, 6) is 3.46. The van der Waals surface area contributed by atoms with E-state index in [1.165, 1.54) is 24.5 Å². The van der Waals surface area contributed by atoms with Crippen LogP contribution in [0.1, 0.15) is 13.3 Å². The van der Waals surface area contributed by atoms with Crippen molar-refractivity contribution in [2.75, 3.05) is 38.7 Å². The second-order valence-electron chi connectivity index (χ2n) is 4.12.